The predicted octanol–water partition coefficient (Wildman–Crippen LogP) is 1.62. The van der Waals surface area contributed by atoms with Crippen LogP contribution >= 0.6 is 0 Å². The molecule has 0 saturated carbocycles. The van der Waals surface area contributed by atoms with E-state index in [-0.39, 0.29) is 17.5 Å². The Balaban J connectivity index is 1.52. The maximum Gasteiger partial charge on any atom is 0.270 e. The van der Waals surface area contributed by atoms with Crippen LogP contribution < -0.4 is 10.9 Å². The molecule has 1 atom stereocenters. The van der Waals surface area contributed by atoms with Gasteiger partial charge in [-0.05, 0) is 37.0 Å². The van der Waals surface area contributed by atoms with E-state index in [1.165, 1.54) is 4.68 Å². The maximum atomic E-state index is 12.5. The van der Waals surface area contributed by atoms with Crippen molar-refractivity contribution in [1.29, 1.82) is 0 Å². The Bertz CT molecular complexity index is 1030. The molecule has 2 aromatic heterocycles. The Morgan fingerprint density at radius 3 is 2.96 bits per heavy atom. The van der Waals surface area contributed by atoms with E-state index in [2.05, 4.69) is 15.4 Å². The highest BCUT2D eigenvalue weighted by molar-refractivity contribution is 5.95. The van der Waals surface area contributed by atoms with Crippen molar-refractivity contribution >= 4 is 16.8 Å². The van der Waals surface area contributed by atoms with Gasteiger partial charge in [0.2, 0.25) is 0 Å². The fraction of sp³-hybridized carbons (Fsp3) is 0.263. The molecule has 0 fully saturated rings. The molecule has 6 nitrogen and oxygen atoms in total. The summed E-state index contributed by atoms with van der Waals surface area (Å²) in [6.45, 7) is 0. The first-order valence-electron chi connectivity index (χ1n) is 8.33. The van der Waals surface area contributed by atoms with E-state index in [0.29, 0.717) is 12.1 Å². The smallest absolute Gasteiger partial charge is 0.270 e. The van der Waals surface area contributed by atoms with E-state index in [9.17, 15) is 9.59 Å². The molecular weight excluding hydrogens is 316 g/mol. The van der Waals surface area contributed by atoms with Gasteiger partial charge in [-0.25, -0.2) is 9.67 Å². The van der Waals surface area contributed by atoms with Crippen LogP contribution in [0.1, 0.15) is 28.2 Å². The summed E-state index contributed by atoms with van der Waals surface area (Å²) >= 11 is 0. The molecule has 25 heavy (non-hydrogen) atoms. The second kappa shape index (κ2) is 6.12. The molecule has 1 N–H and O–H groups in total. The third-order valence-electron chi connectivity index (χ3n) is 4.62. The molecule has 1 aliphatic carbocycles. The number of rotatable bonds is 2. The third kappa shape index (κ3) is 3.03. The summed E-state index contributed by atoms with van der Waals surface area (Å²) in [6.07, 6.45) is 2.18. The highest BCUT2D eigenvalue weighted by Crippen LogP contribution is 2.18. The fourth-order valence-electron chi connectivity index (χ4n) is 3.26. The summed E-state index contributed by atoms with van der Waals surface area (Å²) in [5.41, 5.74) is 2.95. The van der Waals surface area contributed by atoms with Gasteiger partial charge < -0.3 is 5.32 Å². The highest BCUT2D eigenvalue weighted by Gasteiger charge is 2.23. The number of nitrogens with one attached hydrogen (secondary N) is 1. The van der Waals surface area contributed by atoms with Crippen LogP contribution in [0.2, 0.25) is 0 Å². The van der Waals surface area contributed by atoms with E-state index in [0.717, 1.165) is 35.0 Å². The number of fused-ring (bicyclic) bond motifs is 2. The third-order valence-corrected chi connectivity index (χ3v) is 4.62. The zero-order chi connectivity index (χ0) is 17.4. The average molecular weight is 334 g/mol. The SMILES string of the molecule is Cn1nc2c(cc1=O)CC(NC(=O)c1ccc3ccccc3n1)CC2. The number of hydrogen-bond acceptors (Lipinski definition) is 4. The normalized spacial score (nSPS) is 16.4. The van der Waals surface area contributed by atoms with Crippen molar-refractivity contribution in [3.05, 3.63) is 69.8 Å². The minimum atomic E-state index is -0.184. The fourth-order valence-corrected chi connectivity index (χ4v) is 3.26. The lowest BCUT2D eigenvalue weighted by Gasteiger charge is -2.24. The van der Waals surface area contributed by atoms with Crippen LogP contribution in [-0.2, 0) is 19.9 Å². The van der Waals surface area contributed by atoms with Crippen LogP contribution in [0, 0.1) is 0 Å². The minimum absolute atomic E-state index is 0.0119. The van der Waals surface area contributed by atoms with Crippen molar-refractivity contribution in [3.63, 3.8) is 0 Å². The maximum absolute atomic E-state index is 12.5. The number of benzene rings is 1. The molecule has 1 aromatic carbocycles. The van der Waals surface area contributed by atoms with Gasteiger partial charge in [0.25, 0.3) is 11.5 Å². The molecule has 2 heterocycles. The van der Waals surface area contributed by atoms with Crippen LogP contribution in [0.5, 0.6) is 0 Å². The first-order valence-corrected chi connectivity index (χ1v) is 8.33. The molecule has 126 valence electrons. The van der Waals surface area contributed by atoms with Gasteiger partial charge in [0.1, 0.15) is 5.69 Å². The van der Waals surface area contributed by atoms with Gasteiger partial charge in [-0.3, -0.25) is 9.59 Å². The molecule has 0 saturated heterocycles. The van der Waals surface area contributed by atoms with E-state index in [1.54, 1.807) is 19.2 Å². The van der Waals surface area contributed by atoms with Crippen LogP contribution in [0.3, 0.4) is 0 Å². The molecule has 0 radical (unpaired) electrons. The number of pyridine rings is 1. The summed E-state index contributed by atoms with van der Waals surface area (Å²) in [6, 6.07) is 13.0. The molecule has 4 rings (SSSR count). The Kier molecular flexibility index (Phi) is 3.80. The van der Waals surface area contributed by atoms with Gasteiger partial charge in [0.05, 0.1) is 11.2 Å². The van der Waals surface area contributed by atoms with E-state index in [1.807, 2.05) is 30.3 Å². The Morgan fingerprint density at radius 1 is 1.24 bits per heavy atom. The first-order chi connectivity index (χ1) is 12.1. The highest BCUT2D eigenvalue weighted by atomic mass is 16.2. The van der Waals surface area contributed by atoms with Gasteiger partial charge >= 0.3 is 0 Å². The zero-order valence-electron chi connectivity index (χ0n) is 13.9. The molecular formula is C19H18N4O2. The lowest BCUT2D eigenvalue weighted by Crippen LogP contribution is -2.40. The summed E-state index contributed by atoms with van der Waals surface area (Å²) in [5, 5.41) is 8.34. The minimum Gasteiger partial charge on any atom is -0.348 e. The van der Waals surface area contributed by atoms with Crippen molar-refractivity contribution in [2.75, 3.05) is 0 Å². The van der Waals surface area contributed by atoms with E-state index < -0.39 is 0 Å². The van der Waals surface area contributed by atoms with Crippen molar-refractivity contribution in [2.45, 2.75) is 25.3 Å². The van der Waals surface area contributed by atoms with E-state index in [4.69, 9.17) is 0 Å². The zero-order valence-corrected chi connectivity index (χ0v) is 13.9. The van der Waals surface area contributed by atoms with E-state index >= 15 is 0 Å². The lowest BCUT2D eigenvalue weighted by atomic mass is 9.92. The molecule has 1 aliphatic rings. The van der Waals surface area contributed by atoms with Gasteiger partial charge in [-0.2, -0.15) is 5.10 Å². The monoisotopic (exact) mass is 334 g/mol. The second-order valence-corrected chi connectivity index (χ2v) is 6.38. The Hall–Kier alpha value is -3.02. The van der Waals surface area contributed by atoms with Gasteiger partial charge in [0, 0.05) is 24.5 Å². The van der Waals surface area contributed by atoms with Crippen LogP contribution in [-0.4, -0.2) is 26.7 Å². The number of aryl methyl sites for hydroxylation is 2. The quantitative estimate of drug-likeness (QED) is 0.772. The van der Waals surface area contributed by atoms with Crippen LogP contribution in [0.25, 0.3) is 10.9 Å². The molecule has 3 aromatic rings. The van der Waals surface area contributed by atoms with Gasteiger partial charge in [-0.1, -0.05) is 24.3 Å². The molecule has 0 spiro atoms. The predicted molar refractivity (Wildman–Crippen MR) is 94.5 cm³/mol. The number of nitrogens with zero attached hydrogens (tertiary/aromatic N) is 3. The lowest BCUT2D eigenvalue weighted by molar-refractivity contribution is 0.0928. The van der Waals surface area contributed by atoms with Crippen LogP contribution in [0.4, 0.5) is 0 Å². The van der Waals surface area contributed by atoms with Crippen molar-refractivity contribution in [1.82, 2.24) is 20.1 Å². The van der Waals surface area contributed by atoms with Crippen molar-refractivity contribution in [2.24, 2.45) is 7.05 Å². The molecule has 6 heteroatoms. The molecule has 1 amide bonds. The summed E-state index contributed by atoms with van der Waals surface area (Å²) in [7, 11) is 1.65. The largest absolute Gasteiger partial charge is 0.348 e. The Labute approximate surface area is 144 Å². The standard InChI is InChI=1S/C19H18N4O2/c1-23-18(24)11-13-10-14(7-9-16(13)22-23)20-19(25)17-8-6-12-4-2-3-5-15(12)21-17/h2-6,8,11,14H,7,9-10H2,1H3,(H,20,25). The number of hydrogen-bond donors (Lipinski definition) is 1. The van der Waals surface area contributed by atoms with Crippen molar-refractivity contribution < 1.29 is 4.79 Å². The molecule has 1 unspecified atom stereocenters. The summed E-state index contributed by atoms with van der Waals surface area (Å²) in [5.74, 6) is -0.184. The van der Waals surface area contributed by atoms with Gasteiger partial charge in [-0.15, -0.1) is 0 Å². The van der Waals surface area contributed by atoms with Crippen LogP contribution in [0.15, 0.2) is 47.3 Å². The van der Waals surface area contributed by atoms with Crippen molar-refractivity contribution in [3.8, 4) is 0 Å². The number of aromatic nitrogens is 3. The Morgan fingerprint density at radius 2 is 2.08 bits per heavy atom. The summed E-state index contributed by atoms with van der Waals surface area (Å²) in [4.78, 5) is 28.7. The molecule has 0 aliphatic heterocycles. The molecule has 0 bridgehead atoms. The second-order valence-electron chi connectivity index (χ2n) is 6.38. The van der Waals surface area contributed by atoms with Gasteiger partial charge in [0.15, 0.2) is 0 Å². The number of amides is 1. The topological polar surface area (TPSA) is 76.9 Å². The average Bonchev–Trinajstić information content (AvgIpc) is 2.62. The number of para-hydroxylation sites is 1. The number of carbonyl (C=O) groups is 1. The summed E-state index contributed by atoms with van der Waals surface area (Å²) < 4.78 is 1.36. The number of carbonyl (C=O) groups excluding carboxylic acids is 1. The first kappa shape index (κ1) is 15.5.